The molecule has 0 aliphatic carbocycles. The van der Waals surface area contributed by atoms with Gasteiger partial charge in [-0.05, 0) is 73.4 Å². The number of aromatic nitrogens is 4. The van der Waals surface area contributed by atoms with E-state index in [-0.39, 0.29) is 35.5 Å². The van der Waals surface area contributed by atoms with Crippen molar-refractivity contribution < 1.29 is 52.4 Å². The van der Waals surface area contributed by atoms with Gasteiger partial charge in [0.05, 0.1) is 25.6 Å². The number of ether oxygens (including phenoxy) is 6. The smallest absolute Gasteiger partial charge is 0.425 e. The van der Waals surface area contributed by atoms with Gasteiger partial charge < -0.3 is 28.4 Å². The summed E-state index contributed by atoms with van der Waals surface area (Å²) in [5.74, 6) is -2.34. The summed E-state index contributed by atoms with van der Waals surface area (Å²) in [7, 11) is 0. The Balaban J connectivity index is 2.15. The summed E-state index contributed by atoms with van der Waals surface area (Å²) in [6.07, 6.45) is -4.90. The Morgan fingerprint density at radius 2 is 1.60 bits per heavy atom. The Morgan fingerprint density at radius 3 is 2.08 bits per heavy atom. The fraction of sp³-hybridized carbons (Fsp3) is 0.677. The highest BCUT2D eigenvalue weighted by Gasteiger charge is 2.56. The van der Waals surface area contributed by atoms with E-state index >= 15 is 0 Å². The number of halogens is 1. The number of amides is 2. The Morgan fingerprint density at radius 1 is 1.02 bits per heavy atom. The number of carbonyl (C=O) groups excluding carboxylic acids is 5. The maximum absolute atomic E-state index is 13.4. The molecule has 2 aromatic rings. The maximum atomic E-state index is 13.4. The third-order valence-electron chi connectivity index (χ3n) is 7.30. The average molecular weight is 698 g/mol. The molecule has 0 radical (unpaired) electrons. The van der Waals surface area contributed by atoms with Gasteiger partial charge in [-0.1, -0.05) is 13.8 Å². The summed E-state index contributed by atoms with van der Waals surface area (Å²) >= 11 is 6.37. The van der Waals surface area contributed by atoms with Gasteiger partial charge in [0, 0.05) is 12.3 Å². The predicted molar refractivity (Wildman–Crippen MR) is 170 cm³/mol. The van der Waals surface area contributed by atoms with Crippen molar-refractivity contribution in [3.63, 3.8) is 0 Å². The molecular formula is C31H44ClN5O11. The second-order valence-electron chi connectivity index (χ2n) is 13.4. The second-order valence-corrected chi connectivity index (χ2v) is 13.8. The van der Waals surface area contributed by atoms with E-state index in [9.17, 15) is 24.0 Å². The lowest BCUT2D eigenvalue weighted by atomic mass is 9.78. The fourth-order valence-electron chi connectivity index (χ4n) is 4.98. The van der Waals surface area contributed by atoms with Crippen molar-refractivity contribution in [2.24, 2.45) is 5.41 Å². The Kier molecular flexibility index (Phi) is 11.8. The van der Waals surface area contributed by atoms with Crippen molar-refractivity contribution in [3.05, 3.63) is 11.6 Å². The van der Waals surface area contributed by atoms with Crippen molar-refractivity contribution >= 4 is 58.5 Å². The van der Waals surface area contributed by atoms with Crippen molar-refractivity contribution in [3.8, 4) is 0 Å². The number of hydrogen-bond acceptors (Lipinski definition) is 14. The maximum Gasteiger partial charge on any atom is 0.425 e. The van der Waals surface area contributed by atoms with Crippen molar-refractivity contribution in [1.82, 2.24) is 19.5 Å². The zero-order valence-corrected chi connectivity index (χ0v) is 29.9. The van der Waals surface area contributed by atoms with E-state index in [1.54, 1.807) is 55.4 Å². The standard InChI is InChI=1S/C31H44ClN5O11/c1-12-31(11)18(14-44-20(16(3)38)25(40)43-13-2)46-24(21(31)45-17(4)39)36-15-33-19-22(36)34-26(32)35-23(19)37(27(41)47-29(5,6)7)28(42)48-30(8,9)10/h15,18,20-21,24H,12-14H2,1-11H3/t18-,20?,21+,24-,31+/m1/s1. The number of anilines is 1. The van der Waals surface area contributed by atoms with Crippen LogP contribution in [0, 0.1) is 5.41 Å². The average Bonchev–Trinajstić information content (AvgIpc) is 3.45. The fourth-order valence-corrected chi connectivity index (χ4v) is 5.14. The molecule has 0 N–H and O–H groups in total. The SMILES string of the molecule is CCOC(=O)C(OC[C@H]1O[C@@H](n2cnc3c(N(C(=O)OC(C)(C)C)C(=O)OC(C)(C)C)nc(Cl)nc32)[C@H](OC(C)=O)[C@@]1(C)CC)C(C)=O. The summed E-state index contributed by atoms with van der Waals surface area (Å²) in [5, 5.41) is -0.365. The zero-order chi connectivity index (χ0) is 36.4. The molecule has 0 spiro atoms. The van der Waals surface area contributed by atoms with Crippen LogP contribution in [0.5, 0.6) is 0 Å². The number of rotatable bonds is 10. The van der Waals surface area contributed by atoms with Gasteiger partial charge >= 0.3 is 24.1 Å². The number of imidazole rings is 1. The normalized spacial score (nSPS) is 21.8. The van der Waals surface area contributed by atoms with Crippen LogP contribution in [0.1, 0.15) is 88.8 Å². The minimum Gasteiger partial charge on any atom is -0.464 e. The first-order valence-electron chi connectivity index (χ1n) is 15.4. The summed E-state index contributed by atoms with van der Waals surface area (Å²) in [6.45, 7) is 17.3. The monoisotopic (exact) mass is 697 g/mol. The quantitative estimate of drug-likeness (QED) is 0.140. The van der Waals surface area contributed by atoms with Gasteiger partial charge in [0.2, 0.25) is 11.4 Å². The Hall–Kier alpha value is -3.89. The van der Waals surface area contributed by atoms with Crippen LogP contribution in [0.25, 0.3) is 11.2 Å². The number of carbonyl (C=O) groups is 5. The number of hydrogen-bond donors (Lipinski definition) is 0. The molecule has 1 unspecified atom stereocenters. The van der Waals surface area contributed by atoms with E-state index < -0.39 is 71.1 Å². The molecule has 0 saturated carbocycles. The van der Waals surface area contributed by atoms with Gasteiger partial charge in [-0.2, -0.15) is 14.9 Å². The summed E-state index contributed by atoms with van der Waals surface area (Å²) in [6, 6.07) is 0. The molecule has 17 heteroatoms. The lowest BCUT2D eigenvalue weighted by Gasteiger charge is -2.33. The number of ketones is 1. The molecule has 3 heterocycles. The van der Waals surface area contributed by atoms with Gasteiger partial charge in [-0.25, -0.2) is 19.4 Å². The van der Waals surface area contributed by atoms with Crippen LogP contribution in [0.4, 0.5) is 15.4 Å². The van der Waals surface area contributed by atoms with Gasteiger partial charge in [0.15, 0.2) is 35.1 Å². The van der Waals surface area contributed by atoms with Crippen LogP contribution in [0.15, 0.2) is 6.33 Å². The van der Waals surface area contributed by atoms with Crippen molar-refractivity contribution in [1.29, 1.82) is 0 Å². The van der Waals surface area contributed by atoms with Gasteiger partial charge in [-0.15, -0.1) is 0 Å². The molecule has 1 aliphatic heterocycles. The molecule has 48 heavy (non-hydrogen) atoms. The molecule has 3 rings (SSSR count). The Bertz CT molecular complexity index is 1520. The van der Waals surface area contributed by atoms with Crippen LogP contribution in [0.2, 0.25) is 5.28 Å². The molecular weight excluding hydrogens is 654 g/mol. The lowest BCUT2D eigenvalue weighted by Crippen LogP contribution is -2.44. The van der Waals surface area contributed by atoms with Crippen LogP contribution in [0.3, 0.4) is 0 Å². The van der Waals surface area contributed by atoms with E-state index in [0.29, 0.717) is 11.3 Å². The number of fused-ring (bicyclic) bond motifs is 1. The molecule has 0 aromatic carbocycles. The first-order valence-corrected chi connectivity index (χ1v) is 15.8. The van der Waals surface area contributed by atoms with Crippen LogP contribution < -0.4 is 4.90 Å². The molecule has 266 valence electrons. The molecule has 16 nitrogen and oxygen atoms in total. The first-order chi connectivity index (χ1) is 22.1. The lowest BCUT2D eigenvalue weighted by molar-refractivity contribution is -0.165. The largest absolute Gasteiger partial charge is 0.464 e. The van der Waals surface area contributed by atoms with Gasteiger partial charge in [0.25, 0.3) is 0 Å². The van der Waals surface area contributed by atoms with E-state index in [0.717, 1.165) is 0 Å². The van der Waals surface area contributed by atoms with Crippen molar-refractivity contribution in [2.75, 3.05) is 18.1 Å². The van der Waals surface area contributed by atoms with E-state index in [2.05, 4.69) is 15.0 Å². The third-order valence-corrected chi connectivity index (χ3v) is 7.47. The molecule has 0 bridgehead atoms. The van der Waals surface area contributed by atoms with Crippen LogP contribution in [-0.2, 0) is 42.8 Å². The van der Waals surface area contributed by atoms with Crippen molar-refractivity contribution in [2.45, 2.75) is 118 Å². The Labute approximate surface area is 283 Å². The number of esters is 2. The third kappa shape index (κ3) is 8.76. The summed E-state index contributed by atoms with van der Waals surface area (Å²) in [4.78, 5) is 77.3. The zero-order valence-electron chi connectivity index (χ0n) is 29.1. The number of nitrogens with zero attached hydrogens (tertiary/aromatic N) is 5. The summed E-state index contributed by atoms with van der Waals surface area (Å²) in [5.41, 5.74) is -2.98. The highest BCUT2D eigenvalue weighted by molar-refractivity contribution is 6.29. The minimum absolute atomic E-state index is 0.0115. The van der Waals surface area contributed by atoms with E-state index in [4.69, 9.17) is 40.0 Å². The molecule has 1 aliphatic rings. The number of Topliss-reactive ketones (excluding diaryl/α,β-unsaturated/α-hetero) is 1. The molecule has 2 aromatic heterocycles. The molecule has 5 atom stereocenters. The molecule has 1 fully saturated rings. The predicted octanol–water partition coefficient (Wildman–Crippen LogP) is 4.94. The second kappa shape index (κ2) is 14.7. The number of imide groups is 1. The topological polar surface area (TPSA) is 188 Å². The van der Waals surface area contributed by atoms with Gasteiger partial charge in [-0.3, -0.25) is 14.2 Å². The molecule has 2 amide bonds. The van der Waals surface area contributed by atoms with Gasteiger partial charge in [0.1, 0.15) is 11.2 Å². The van der Waals surface area contributed by atoms with E-state index in [1.807, 2.05) is 6.92 Å². The van der Waals surface area contributed by atoms with E-state index in [1.165, 1.54) is 24.7 Å². The van der Waals surface area contributed by atoms with Crippen LogP contribution >= 0.6 is 11.6 Å². The summed E-state index contributed by atoms with van der Waals surface area (Å²) < 4.78 is 35.4. The first kappa shape index (κ1) is 38.6. The molecule has 1 saturated heterocycles. The minimum atomic E-state index is -1.49. The van der Waals surface area contributed by atoms with Crippen LogP contribution in [-0.4, -0.2) is 92.2 Å². The highest BCUT2D eigenvalue weighted by Crippen LogP contribution is 2.48. The highest BCUT2D eigenvalue weighted by atomic mass is 35.5.